The topological polar surface area (TPSA) is 76.6 Å². The van der Waals surface area contributed by atoms with Crippen molar-refractivity contribution < 1.29 is 14.3 Å². The highest BCUT2D eigenvalue weighted by molar-refractivity contribution is 5.94. The fourth-order valence-corrected chi connectivity index (χ4v) is 7.40. The number of hydrogen-bond acceptors (Lipinski definition) is 6. The first-order valence-electron chi connectivity index (χ1n) is 15.6. The minimum atomic E-state index is 0.00148. The van der Waals surface area contributed by atoms with Crippen molar-refractivity contribution in [1.29, 1.82) is 0 Å². The van der Waals surface area contributed by atoms with Gasteiger partial charge in [-0.05, 0) is 81.3 Å². The minimum absolute atomic E-state index is 0.00148. The van der Waals surface area contributed by atoms with E-state index < -0.39 is 0 Å². The Morgan fingerprint density at radius 2 is 1.75 bits per heavy atom. The van der Waals surface area contributed by atoms with Gasteiger partial charge in [0.2, 0.25) is 5.88 Å². The molecule has 7 nitrogen and oxygen atoms in total. The fourth-order valence-electron chi connectivity index (χ4n) is 7.40. The van der Waals surface area contributed by atoms with Gasteiger partial charge in [-0.2, -0.15) is 0 Å². The van der Waals surface area contributed by atoms with E-state index in [1.165, 1.54) is 50.5 Å². The van der Waals surface area contributed by atoms with Gasteiger partial charge in [0.05, 0.1) is 13.2 Å². The van der Waals surface area contributed by atoms with Crippen LogP contribution in [-0.4, -0.2) is 66.5 Å². The second-order valence-electron chi connectivity index (χ2n) is 12.2. The molecular weight excluding hydrogens is 500 g/mol. The van der Waals surface area contributed by atoms with E-state index in [-0.39, 0.29) is 5.91 Å². The predicted molar refractivity (Wildman–Crippen MR) is 158 cm³/mol. The number of methoxy groups -OCH3 is 2. The molecule has 1 aliphatic heterocycles. The smallest absolute Gasteiger partial charge is 0.274 e. The van der Waals surface area contributed by atoms with Crippen LogP contribution in [0.15, 0.2) is 30.3 Å². The molecule has 0 radical (unpaired) electrons. The molecule has 2 aliphatic carbocycles. The van der Waals surface area contributed by atoms with Crippen molar-refractivity contribution in [3.63, 3.8) is 0 Å². The lowest BCUT2D eigenvalue weighted by Crippen LogP contribution is -2.52. The van der Waals surface area contributed by atoms with Crippen LogP contribution in [0.3, 0.4) is 0 Å². The van der Waals surface area contributed by atoms with Gasteiger partial charge in [0.1, 0.15) is 0 Å². The third-order valence-electron chi connectivity index (χ3n) is 9.80. The van der Waals surface area contributed by atoms with Crippen molar-refractivity contribution in [2.24, 2.45) is 5.92 Å². The molecule has 1 aromatic carbocycles. The SMILES string of the molecule is COc1nnc(C(=O)N2CCC(N[C@H]3CCCC[C@H]3OC)CC2)c(C)c1CC[C@H]1CCC[C@@H](c2ccccc2)C1. The van der Waals surface area contributed by atoms with Gasteiger partial charge >= 0.3 is 0 Å². The quantitative estimate of drug-likeness (QED) is 0.424. The Balaban J connectivity index is 1.19. The van der Waals surface area contributed by atoms with Gasteiger partial charge in [-0.1, -0.05) is 56.0 Å². The van der Waals surface area contributed by atoms with E-state index in [0.717, 1.165) is 56.3 Å². The zero-order chi connectivity index (χ0) is 27.9. The van der Waals surface area contributed by atoms with Crippen molar-refractivity contribution >= 4 is 5.91 Å². The lowest BCUT2D eigenvalue weighted by atomic mass is 9.76. The molecule has 0 unspecified atom stereocenters. The maximum Gasteiger partial charge on any atom is 0.274 e. The Bertz CT molecular complexity index is 1100. The fraction of sp³-hybridized carbons (Fsp3) is 0.667. The Morgan fingerprint density at radius 1 is 0.975 bits per heavy atom. The molecule has 2 aromatic rings. The monoisotopic (exact) mass is 548 g/mol. The van der Waals surface area contributed by atoms with E-state index in [9.17, 15) is 4.79 Å². The zero-order valence-electron chi connectivity index (χ0n) is 24.7. The summed E-state index contributed by atoms with van der Waals surface area (Å²) in [5.41, 5.74) is 3.93. The number of likely N-dealkylation sites (tertiary alicyclic amines) is 1. The summed E-state index contributed by atoms with van der Waals surface area (Å²) in [5, 5.41) is 12.6. The number of hydrogen-bond donors (Lipinski definition) is 1. The number of nitrogens with one attached hydrogen (secondary N) is 1. The maximum absolute atomic E-state index is 13.6. The first kappa shape index (κ1) is 29.0. The number of aromatic nitrogens is 2. The van der Waals surface area contributed by atoms with Gasteiger partial charge in [0, 0.05) is 37.8 Å². The summed E-state index contributed by atoms with van der Waals surface area (Å²) in [6.45, 7) is 3.51. The van der Waals surface area contributed by atoms with Crippen molar-refractivity contribution in [2.75, 3.05) is 27.3 Å². The molecule has 0 spiro atoms. The Hall–Kier alpha value is -2.51. The maximum atomic E-state index is 13.6. The Labute approximate surface area is 240 Å². The summed E-state index contributed by atoms with van der Waals surface area (Å²) in [4.78, 5) is 15.6. The molecule has 5 rings (SSSR count). The molecule has 40 heavy (non-hydrogen) atoms. The third-order valence-corrected chi connectivity index (χ3v) is 9.80. The molecular formula is C33H48N4O3. The largest absolute Gasteiger partial charge is 0.480 e. The van der Waals surface area contributed by atoms with Crippen LogP contribution in [0.2, 0.25) is 0 Å². The second-order valence-corrected chi connectivity index (χ2v) is 12.2. The van der Waals surface area contributed by atoms with Gasteiger partial charge in [-0.3, -0.25) is 4.79 Å². The normalized spacial score (nSPS) is 26.0. The molecule has 3 aliphatic rings. The highest BCUT2D eigenvalue weighted by atomic mass is 16.5. The zero-order valence-corrected chi connectivity index (χ0v) is 24.7. The first-order chi connectivity index (χ1) is 19.6. The van der Waals surface area contributed by atoms with Gasteiger partial charge in [0.25, 0.3) is 5.91 Å². The van der Waals surface area contributed by atoms with Gasteiger partial charge in [-0.15, -0.1) is 10.2 Å². The van der Waals surface area contributed by atoms with Gasteiger partial charge < -0.3 is 19.7 Å². The molecule has 1 amide bonds. The standard InChI is InChI=1S/C33H48N4O3/c1-23-28(17-16-24-10-9-13-26(22-24)25-11-5-4-6-12-25)32(40-3)36-35-31(23)33(38)37-20-18-27(19-21-37)34-29-14-7-8-15-30(29)39-2/h4-6,11-12,24,26-27,29-30,34H,7-10,13-22H2,1-3H3/t24-,26-,29+,30-/m1/s1. The molecule has 1 N–H and O–H groups in total. The lowest BCUT2D eigenvalue weighted by molar-refractivity contribution is 0.0329. The van der Waals surface area contributed by atoms with E-state index in [1.807, 2.05) is 18.9 Å². The molecule has 7 heteroatoms. The molecule has 1 aromatic heterocycles. The van der Waals surface area contributed by atoms with Gasteiger partial charge in [-0.25, -0.2) is 0 Å². The second kappa shape index (κ2) is 13.9. The van der Waals surface area contributed by atoms with E-state index in [1.54, 1.807) is 7.11 Å². The molecule has 3 fully saturated rings. The van der Waals surface area contributed by atoms with Crippen LogP contribution < -0.4 is 10.1 Å². The average molecular weight is 549 g/mol. The number of benzene rings is 1. The van der Waals surface area contributed by atoms with Crippen LogP contribution in [0, 0.1) is 12.8 Å². The third kappa shape index (κ3) is 6.85. The summed E-state index contributed by atoms with van der Waals surface area (Å²) in [6, 6.07) is 11.8. The highest BCUT2D eigenvalue weighted by Crippen LogP contribution is 2.38. The minimum Gasteiger partial charge on any atom is -0.480 e. The Morgan fingerprint density at radius 3 is 2.50 bits per heavy atom. The molecule has 2 saturated carbocycles. The lowest BCUT2D eigenvalue weighted by Gasteiger charge is -2.38. The van der Waals surface area contributed by atoms with Crippen LogP contribution in [0.25, 0.3) is 0 Å². The number of rotatable bonds is 9. The van der Waals surface area contributed by atoms with Crippen molar-refractivity contribution in [1.82, 2.24) is 20.4 Å². The summed E-state index contributed by atoms with van der Waals surface area (Å²) in [5.74, 6) is 1.88. The average Bonchev–Trinajstić information content (AvgIpc) is 3.01. The number of ether oxygens (including phenoxy) is 2. The molecule has 0 bridgehead atoms. The summed E-state index contributed by atoms with van der Waals surface area (Å²) >= 11 is 0. The van der Waals surface area contributed by atoms with Crippen LogP contribution in [0.1, 0.15) is 104 Å². The van der Waals surface area contributed by atoms with Gasteiger partial charge in [0.15, 0.2) is 5.69 Å². The molecule has 4 atom stereocenters. The number of carbonyl (C=O) groups is 1. The van der Waals surface area contributed by atoms with Crippen molar-refractivity contribution in [3.8, 4) is 5.88 Å². The van der Waals surface area contributed by atoms with Crippen molar-refractivity contribution in [2.45, 2.75) is 108 Å². The number of piperidine rings is 1. The van der Waals surface area contributed by atoms with E-state index in [4.69, 9.17) is 9.47 Å². The summed E-state index contributed by atoms with van der Waals surface area (Å²) in [7, 11) is 3.48. The number of nitrogens with zero attached hydrogens (tertiary/aromatic N) is 3. The van der Waals surface area contributed by atoms with E-state index in [0.29, 0.717) is 41.6 Å². The summed E-state index contributed by atoms with van der Waals surface area (Å²) < 4.78 is 11.4. The van der Waals surface area contributed by atoms with Crippen LogP contribution in [0.4, 0.5) is 0 Å². The molecule has 1 saturated heterocycles. The van der Waals surface area contributed by atoms with E-state index >= 15 is 0 Å². The van der Waals surface area contributed by atoms with Crippen LogP contribution >= 0.6 is 0 Å². The molecule has 2 heterocycles. The highest BCUT2D eigenvalue weighted by Gasteiger charge is 2.31. The van der Waals surface area contributed by atoms with Crippen LogP contribution in [-0.2, 0) is 11.2 Å². The number of carbonyl (C=O) groups excluding carboxylic acids is 1. The predicted octanol–water partition coefficient (Wildman–Crippen LogP) is 5.85. The number of amides is 1. The van der Waals surface area contributed by atoms with E-state index in [2.05, 4.69) is 45.8 Å². The molecule has 218 valence electrons. The Kier molecular flexibility index (Phi) is 10.1. The first-order valence-corrected chi connectivity index (χ1v) is 15.6. The summed E-state index contributed by atoms with van der Waals surface area (Å²) in [6.07, 6.45) is 14.0. The van der Waals surface area contributed by atoms with Crippen molar-refractivity contribution in [3.05, 3.63) is 52.7 Å². The van der Waals surface area contributed by atoms with Crippen LogP contribution in [0.5, 0.6) is 5.88 Å².